The van der Waals surface area contributed by atoms with Gasteiger partial charge >= 0.3 is 5.97 Å². The van der Waals surface area contributed by atoms with Gasteiger partial charge in [-0.2, -0.15) is 0 Å². The maximum Gasteiger partial charge on any atom is 0.308 e. The Hall–Kier alpha value is -0.610. The second-order valence-electron chi connectivity index (χ2n) is 19.0. The summed E-state index contributed by atoms with van der Waals surface area (Å²) in [5, 5.41) is 22.6. The fourth-order valence-corrected chi connectivity index (χ4v) is 12.4. The number of hydrogen-bond donors (Lipinski definition) is 2. The summed E-state index contributed by atoms with van der Waals surface area (Å²) in [6.07, 6.45) is 31.0. The van der Waals surface area contributed by atoms with Gasteiger partial charge in [0, 0.05) is 18.3 Å². The third kappa shape index (κ3) is 10.3. The first-order valence-electron chi connectivity index (χ1n) is 22.1. The van der Waals surface area contributed by atoms with Gasteiger partial charge in [0.1, 0.15) is 0 Å². The zero-order valence-corrected chi connectivity index (χ0v) is 33.4. The SMILES string of the molecule is CCCCCCC(O)CCCCCCCCCCC(=O)OC1(O)CCCC2CC[C@H]3[C@@H]4CC[C@H]([C@H](C)CCCC(C)C)[C@@]4(C)CC[C@@H]3[C@]21C. The van der Waals surface area contributed by atoms with E-state index in [-0.39, 0.29) is 17.5 Å². The van der Waals surface area contributed by atoms with Gasteiger partial charge < -0.3 is 14.9 Å². The lowest BCUT2D eigenvalue weighted by Gasteiger charge is -2.64. The van der Waals surface area contributed by atoms with Crippen LogP contribution < -0.4 is 0 Å². The van der Waals surface area contributed by atoms with Crippen LogP contribution in [-0.4, -0.2) is 28.1 Å². The Morgan fingerprint density at radius 3 is 2.04 bits per heavy atom. The van der Waals surface area contributed by atoms with Crippen LogP contribution in [0, 0.1) is 52.3 Å². The van der Waals surface area contributed by atoms with Crippen molar-refractivity contribution in [1.82, 2.24) is 0 Å². The van der Waals surface area contributed by atoms with Crippen molar-refractivity contribution < 1.29 is 19.7 Å². The Morgan fingerprint density at radius 2 is 1.37 bits per heavy atom. The van der Waals surface area contributed by atoms with Gasteiger partial charge in [-0.1, -0.05) is 131 Å². The summed E-state index contributed by atoms with van der Waals surface area (Å²) in [7, 11) is 0. The molecular formula is C45H82O4. The second-order valence-corrected chi connectivity index (χ2v) is 19.0. The summed E-state index contributed by atoms with van der Waals surface area (Å²) in [4.78, 5) is 13.3. The fraction of sp³-hybridized carbons (Fsp3) is 0.978. The molecule has 4 saturated carbocycles. The van der Waals surface area contributed by atoms with Crippen LogP contribution in [0.1, 0.15) is 215 Å². The molecule has 0 radical (unpaired) electrons. The summed E-state index contributed by atoms with van der Waals surface area (Å²) in [6, 6.07) is 0. The molecule has 4 heteroatoms. The molecule has 4 aliphatic rings. The molecule has 286 valence electrons. The van der Waals surface area contributed by atoms with Gasteiger partial charge in [-0.15, -0.1) is 0 Å². The number of esters is 1. The Morgan fingerprint density at radius 1 is 0.714 bits per heavy atom. The third-order valence-electron chi connectivity index (χ3n) is 15.4. The predicted molar refractivity (Wildman–Crippen MR) is 205 cm³/mol. The number of ether oxygens (including phenoxy) is 1. The van der Waals surface area contributed by atoms with Crippen LogP contribution in [0.4, 0.5) is 0 Å². The summed E-state index contributed by atoms with van der Waals surface area (Å²) in [5.41, 5.74) is 0.109. The van der Waals surface area contributed by atoms with Crippen molar-refractivity contribution in [3.8, 4) is 0 Å². The van der Waals surface area contributed by atoms with E-state index < -0.39 is 5.79 Å². The van der Waals surface area contributed by atoms with Crippen molar-refractivity contribution in [1.29, 1.82) is 0 Å². The minimum Gasteiger partial charge on any atom is -0.433 e. The van der Waals surface area contributed by atoms with Crippen LogP contribution in [0.15, 0.2) is 0 Å². The van der Waals surface area contributed by atoms with E-state index in [0.29, 0.717) is 36.0 Å². The van der Waals surface area contributed by atoms with Crippen LogP contribution in [0.2, 0.25) is 0 Å². The number of carbonyl (C=O) groups is 1. The number of aliphatic hydroxyl groups is 2. The van der Waals surface area contributed by atoms with Crippen LogP contribution in [-0.2, 0) is 9.53 Å². The van der Waals surface area contributed by atoms with Crippen molar-refractivity contribution >= 4 is 5.97 Å². The highest BCUT2D eigenvalue weighted by molar-refractivity contribution is 5.69. The summed E-state index contributed by atoms with van der Waals surface area (Å²) < 4.78 is 6.28. The number of aliphatic hydroxyl groups excluding tert-OH is 1. The van der Waals surface area contributed by atoms with E-state index >= 15 is 0 Å². The van der Waals surface area contributed by atoms with Crippen LogP contribution in [0.5, 0.6) is 0 Å². The van der Waals surface area contributed by atoms with Crippen LogP contribution in [0.3, 0.4) is 0 Å². The fourth-order valence-electron chi connectivity index (χ4n) is 12.4. The van der Waals surface area contributed by atoms with Gasteiger partial charge in [0.2, 0.25) is 5.79 Å². The number of carbonyl (C=O) groups excluding carboxylic acids is 1. The average Bonchev–Trinajstić information content (AvgIpc) is 3.41. The molecule has 4 aliphatic carbocycles. The first kappa shape index (κ1) is 41.2. The molecular weight excluding hydrogens is 604 g/mol. The topological polar surface area (TPSA) is 66.8 Å². The van der Waals surface area contributed by atoms with Crippen molar-refractivity contribution in [2.45, 2.75) is 227 Å². The Kier molecular flexibility index (Phi) is 16.3. The molecule has 0 bridgehead atoms. The lowest BCUT2D eigenvalue weighted by atomic mass is 9.43. The van der Waals surface area contributed by atoms with E-state index in [1.165, 1.54) is 122 Å². The number of fused-ring (bicyclic) bond motifs is 5. The molecule has 0 saturated heterocycles. The molecule has 4 rings (SSSR count). The van der Waals surface area contributed by atoms with E-state index in [0.717, 1.165) is 62.2 Å². The molecule has 2 N–H and O–H groups in total. The minimum atomic E-state index is -1.31. The second kappa shape index (κ2) is 19.5. The van der Waals surface area contributed by atoms with Crippen LogP contribution in [0.25, 0.3) is 0 Å². The van der Waals surface area contributed by atoms with Crippen molar-refractivity contribution in [3.05, 3.63) is 0 Å². The Balaban J connectivity index is 1.20. The van der Waals surface area contributed by atoms with E-state index in [4.69, 9.17) is 4.74 Å². The highest BCUT2D eigenvalue weighted by Crippen LogP contribution is 2.70. The van der Waals surface area contributed by atoms with Gasteiger partial charge in [-0.25, -0.2) is 0 Å². The monoisotopic (exact) mass is 687 g/mol. The summed E-state index contributed by atoms with van der Waals surface area (Å²) >= 11 is 0. The molecule has 0 heterocycles. The number of unbranched alkanes of at least 4 members (excludes halogenated alkanes) is 10. The standard InChI is InChI=1S/C45H82O4/c1-7-8-9-16-24-37(46)25-17-14-12-10-11-13-15-18-26-42(47)49-45(48)32-20-23-36-27-28-38-40-30-29-39(35(4)22-19-21-34(2)3)43(40,5)33-31-41(38)44(36,45)6/h34-41,46,48H,7-33H2,1-6H3/t35-,36?,37?,38+,39-,40+,41+,43-,44+,45?/m1/s1. The molecule has 0 aromatic rings. The van der Waals surface area contributed by atoms with Crippen molar-refractivity contribution in [3.63, 3.8) is 0 Å². The average molecular weight is 687 g/mol. The Labute approximate surface area is 304 Å². The van der Waals surface area contributed by atoms with Gasteiger partial charge in [-0.05, 0) is 117 Å². The van der Waals surface area contributed by atoms with Crippen molar-refractivity contribution in [2.24, 2.45) is 52.3 Å². The van der Waals surface area contributed by atoms with Gasteiger partial charge in [0.25, 0.3) is 0 Å². The van der Waals surface area contributed by atoms with Gasteiger partial charge in [0.05, 0.1) is 6.10 Å². The van der Waals surface area contributed by atoms with Crippen LogP contribution >= 0.6 is 0 Å². The maximum absolute atomic E-state index is 13.3. The zero-order chi connectivity index (χ0) is 35.5. The molecule has 0 aromatic heterocycles. The molecule has 0 spiro atoms. The largest absolute Gasteiger partial charge is 0.433 e. The minimum absolute atomic E-state index is 0.104. The summed E-state index contributed by atoms with van der Waals surface area (Å²) in [5.74, 6) is 3.31. The quantitative estimate of drug-likeness (QED) is 0.0676. The first-order valence-corrected chi connectivity index (χ1v) is 22.1. The van der Waals surface area contributed by atoms with Crippen molar-refractivity contribution in [2.75, 3.05) is 0 Å². The lowest BCUT2D eigenvalue weighted by Crippen LogP contribution is -2.64. The van der Waals surface area contributed by atoms with Gasteiger partial charge in [-0.3, -0.25) is 4.79 Å². The highest BCUT2D eigenvalue weighted by atomic mass is 16.7. The molecule has 3 unspecified atom stereocenters. The normalized spacial score (nSPS) is 35.4. The van der Waals surface area contributed by atoms with E-state index in [1.54, 1.807) is 0 Å². The first-order chi connectivity index (χ1) is 23.5. The number of rotatable bonds is 22. The van der Waals surface area contributed by atoms with E-state index in [9.17, 15) is 15.0 Å². The summed E-state index contributed by atoms with van der Waals surface area (Å²) in [6.45, 7) is 14.5. The maximum atomic E-state index is 13.3. The van der Waals surface area contributed by atoms with E-state index in [2.05, 4.69) is 41.5 Å². The predicted octanol–water partition coefficient (Wildman–Crippen LogP) is 12.6. The molecule has 4 fully saturated rings. The molecule has 10 atom stereocenters. The third-order valence-corrected chi connectivity index (χ3v) is 15.4. The van der Waals surface area contributed by atoms with Gasteiger partial charge in [0.15, 0.2) is 0 Å². The molecule has 0 aromatic carbocycles. The lowest BCUT2D eigenvalue weighted by molar-refractivity contribution is -0.319. The molecule has 4 nitrogen and oxygen atoms in total. The molecule has 0 aliphatic heterocycles. The van der Waals surface area contributed by atoms with E-state index in [1.807, 2.05) is 0 Å². The number of hydrogen-bond acceptors (Lipinski definition) is 4. The zero-order valence-electron chi connectivity index (χ0n) is 33.4. The molecule has 49 heavy (non-hydrogen) atoms. The smallest absolute Gasteiger partial charge is 0.308 e. The molecule has 0 amide bonds. The Bertz CT molecular complexity index is 964. The highest BCUT2D eigenvalue weighted by Gasteiger charge is 2.67.